The monoisotopic (exact) mass is 1370 g/mol. The summed E-state index contributed by atoms with van der Waals surface area (Å²) >= 11 is 0. The number of aliphatic carboxylic acids is 2. The number of benzene rings is 2. The van der Waals surface area contributed by atoms with Crippen LogP contribution in [0.15, 0.2) is 60.7 Å². The van der Waals surface area contributed by atoms with Gasteiger partial charge in [0.15, 0.2) is 0 Å². The molecule has 2 aromatic rings. The van der Waals surface area contributed by atoms with Gasteiger partial charge in [-0.25, -0.2) is 9.59 Å². The topological polar surface area (TPSA) is 400 Å². The van der Waals surface area contributed by atoms with Crippen molar-refractivity contribution in [1.82, 2.24) is 52.3 Å². The molecule has 536 valence electrons. The molecule has 5 rings (SSSR count). The van der Waals surface area contributed by atoms with Crippen LogP contribution in [0.4, 0.5) is 26.3 Å². The number of fused-ring (bicyclic) bond motifs is 2. The second-order valence-electron chi connectivity index (χ2n) is 25.3. The largest absolute Gasteiger partial charge is 0.490 e. The van der Waals surface area contributed by atoms with Crippen molar-refractivity contribution < 1.29 is 94.1 Å². The highest BCUT2D eigenvalue weighted by atomic mass is 19.4. The van der Waals surface area contributed by atoms with Gasteiger partial charge in [-0.05, 0) is 112 Å². The summed E-state index contributed by atoms with van der Waals surface area (Å²) in [5.41, 5.74) is 13.3. The first-order valence-corrected chi connectivity index (χ1v) is 32.0. The van der Waals surface area contributed by atoms with Crippen molar-refractivity contribution in [3.8, 4) is 0 Å². The molecule has 14 N–H and O–H groups in total. The highest BCUT2D eigenvalue weighted by Crippen LogP contribution is 2.24. The van der Waals surface area contributed by atoms with Gasteiger partial charge < -0.3 is 74.0 Å². The highest BCUT2D eigenvalue weighted by molar-refractivity contribution is 6.00. The molecule has 0 bridgehead atoms. The zero-order valence-corrected chi connectivity index (χ0v) is 55.3. The molecule has 3 fully saturated rings. The average molecular weight is 1370 g/mol. The number of halogens is 6. The van der Waals surface area contributed by atoms with Gasteiger partial charge in [0.1, 0.15) is 60.4 Å². The first-order chi connectivity index (χ1) is 44.9. The van der Waals surface area contributed by atoms with E-state index in [4.69, 9.17) is 31.3 Å². The fourth-order valence-electron chi connectivity index (χ4n) is 10.9. The number of nitrogens with one attached hydrogen (secondary N) is 8. The molecule has 26 nitrogen and oxygen atoms in total. The third kappa shape index (κ3) is 26.6. The number of alkyl halides is 6. The van der Waals surface area contributed by atoms with Crippen LogP contribution in [0.5, 0.6) is 0 Å². The molecule has 0 spiro atoms. The number of nitrogens with zero attached hydrogens (tertiary/aromatic N) is 2. The van der Waals surface area contributed by atoms with Gasteiger partial charge in [-0.2, -0.15) is 26.3 Å². The molecule has 0 unspecified atom stereocenters. The van der Waals surface area contributed by atoms with Gasteiger partial charge in [0.2, 0.25) is 59.1 Å². The summed E-state index contributed by atoms with van der Waals surface area (Å²) in [5, 5.41) is 37.1. The maximum absolute atomic E-state index is 14.9. The number of hydrogen-bond acceptors (Lipinski definition) is 14. The van der Waals surface area contributed by atoms with E-state index in [-0.39, 0.29) is 89.4 Å². The molecule has 3 saturated heterocycles. The molecule has 0 aliphatic carbocycles. The van der Waals surface area contributed by atoms with Crippen LogP contribution in [-0.4, -0.2) is 190 Å². The van der Waals surface area contributed by atoms with Gasteiger partial charge in [-0.15, -0.1) is 0 Å². The van der Waals surface area contributed by atoms with E-state index in [1.54, 1.807) is 76.2 Å². The standard InChI is InChI=1S/C60H92N12O10.2C2HF3O2/c1-35(2)31-43-53(75)67-45(33-39-19-11-9-12-20-39)59(81)71-29-17-25-47(71)55(77)70-50(38(7)8)58(80)64-42(24-16-28-62)52(74)66-44(32-36(3)4)54(76)68-46(34-40-21-13-10-14-22-40)60(82)72-30-18-26-48(72)56(78)69-49(37(5)6)57(79)63-41(23-15-27-61)51(73)65-43;2*3-2(4,5)1(6)7/h9-14,19-22,35-38,41-50H,15-18,23-34,61-62H2,1-8H3,(H,63,79)(H,64,80)(H,65,73)(H,66,74)(H,67,75)(H,68,76)(H,69,78)(H,70,77);2*(H,6,7)/t41-,42-,43-,44-,45+,46+,47-,48-,49-,50-;;/m0../s1. The van der Waals surface area contributed by atoms with Crippen molar-refractivity contribution in [2.45, 2.75) is 205 Å². The number of carbonyl (C=O) groups is 12. The summed E-state index contributed by atoms with van der Waals surface area (Å²) in [6.07, 6.45) is -7.71. The van der Waals surface area contributed by atoms with Crippen molar-refractivity contribution in [1.29, 1.82) is 0 Å². The van der Waals surface area contributed by atoms with Crippen LogP contribution in [0, 0.1) is 23.7 Å². The molecular formula is C64H94F6N12O14. The Morgan fingerprint density at radius 1 is 0.448 bits per heavy atom. The fraction of sp³-hybridized carbons (Fsp3) is 0.625. The van der Waals surface area contributed by atoms with Crippen LogP contribution in [0.1, 0.15) is 131 Å². The maximum atomic E-state index is 14.9. The van der Waals surface area contributed by atoms with Crippen LogP contribution in [0.25, 0.3) is 0 Å². The molecule has 2 aromatic carbocycles. The lowest BCUT2D eigenvalue weighted by Gasteiger charge is -2.33. The Kier molecular flexibility index (Phi) is 33.2. The molecule has 0 radical (unpaired) electrons. The molecule has 10 atom stereocenters. The summed E-state index contributed by atoms with van der Waals surface area (Å²) < 4.78 is 63.5. The van der Waals surface area contributed by atoms with Crippen LogP contribution in [0.2, 0.25) is 0 Å². The van der Waals surface area contributed by atoms with Crippen molar-refractivity contribution in [3.05, 3.63) is 71.8 Å². The SMILES string of the molecule is CC(C)C[C@@H]1NC(=O)[C@H](CCCN)NC(=O)[C@H](C(C)C)NC(=O)[C@@H]2CCCN2C(=O)[C@@H](Cc2ccccc2)NC(=O)[C@H](CC(C)C)NC(=O)[C@H](CCCN)NC(=O)[C@H](C(C)C)NC(=O)[C@@H]2CCCN2C(=O)[C@@H](Cc2ccccc2)NC1=O.O=C(O)C(F)(F)F.O=C(O)C(F)(F)F. The number of hydrogen-bond donors (Lipinski definition) is 12. The first kappa shape index (κ1) is 81.8. The number of carbonyl (C=O) groups excluding carboxylic acids is 10. The van der Waals surface area contributed by atoms with E-state index in [2.05, 4.69) is 42.5 Å². The van der Waals surface area contributed by atoms with Crippen molar-refractivity contribution in [3.63, 3.8) is 0 Å². The van der Waals surface area contributed by atoms with E-state index in [0.717, 1.165) is 0 Å². The van der Waals surface area contributed by atoms with Crippen molar-refractivity contribution in [2.24, 2.45) is 35.1 Å². The smallest absolute Gasteiger partial charge is 0.475 e. The Balaban J connectivity index is 0.00000154. The van der Waals surface area contributed by atoms with Crippen molar-refractivity contribution >= 4 is 71.0 Å². The Hall–Kier alpha value is -8.42. The minimum Gasteiger partial charge on any atom is -0.475 e. The molecule has 32 heteroatoms. The minimum absolute atomic E-state index is 0.0279. The van der Waals surface area contributed by atoms with E-state index in [1.165, 1.54) is 9.80 Å². The summed E-state index contributed by atoms with van der Waals surface area (Å²) in [7, 11) is 0. The molecule has 0 aromatic heterocycles. The molecule has 96 heavy (non-hydrogen) atoms. The lowest BCUT2D eigenvalue weighted by Crippen LogP contribution is -2.62. The predicted molar refractivity (Wildman–Crippen MR) is 338 cm³/mol. The number of carboxylic acids is 2. The van der Waals surface area contributed by atoms with Gasteiger partial charge in [-0.3, -0.25) is 47.9 Å². The first-order valence-electron chi connectivity index (χ1n) is 32.0. The number of nitrogens with two attached hydrogens (primary N) is 2. The second-order valence-corrected chi connectivity index (χ2v) is 25.3. The number of carboxylic acid groups (broad SMARTS) is 2. The molecule has 10 amide bonds. The molecule has 0 saturated carbocycles. The second kappa shape index (κ2) is 39.0. The van der Waals surface area contributed by atoms with E-state index in [0.29, 0.717) is 36.8 Å². The van der Waals surface area contributed by atoms with Gasteiger partial charge >= 0.3 is 24.3 Å². The average Bonchev–Trinajstić information content (AvgIpc) is 1.58. The van der Waals surface area contributed by atoms with Gasteiger partial charge in [0.25, 0.3) is 0 Å². The Morgan fingerprint density at radius 2 is 0.729 bits per heavy atom. The fourth-order valence-corrected chi connectivity index (χ4v) is 10.9. The zero-order valence-electron chi connectivity index (χ0n) is 55.3. The quantitative estimate of drug-likeness (QED) is 0.107. The molecular weight excluding hydrogens is 1270 g/mol. The van der Waals surface area contributed by atoms with Gasteiger partial charge in [-0.1, -0.05) is 116 Å². The van der Waals surface area contributed by atoms with E-state index in [9.17, 15) is 74.3 Å². The van der Waals surface area contributed by atoms with E-state index in [1.807, 2.05) is 39.8 Å². The van der Waals surface area contributed by atoms with Crippen LogP contribution in [0.3, 0.4) is 0 Å². The predicted octanol–water partition coefficient (Wildman–Crippen LogP) is 2.49. The summed E-state index contributed by atoms with van der Waals surface area (Å²) in [4.78, 5) is 166. The van der Waals surface area contributed by atoms with E-state index >= 15 is 0 Å². The summed E-state index contributed by atoms with van der Waals surface area (Å²) in [6, 6.07) is 6.30. The summed E-state index contributed by atoms with van der Waals surface area (Å²) in [5.74, 6) is -13.3. The third-order valence-corrected chi connectivity index (χ3v) is 15.8. The van der Waals surface area contributed by atoms with E-state index < -0.39 is 156 Å². The number of rotatable bonds is 16. The van der Waals surface area contributed by atoms with Crippen molar-refractivity contribution in [2.75, 3.05) is 26.2 Å². The third-order valence-electron chi connectivity index (χ3n) is 15.8. The molecule has 3 aliphatic heterocycles. The Labute approximate surface area is 554 Å². The summed E-state index contributed by atoms with van der Waals surface area (Å²) in [6.45, 7) is 15.0. The highest BCUT2D eigenvalue weighted by Gasteiger charge is 2.44. The minimum atomic E-state index is -5.08. The zero-order chi connectivity index (χ0) is 72.4. The molecule has 3 heterocycles. The Morgan fingerprint density at radius 3 is 1.00 bits per heavy atom. The lowest BCUT2D eigenvalue weighted by atomic mass is 9.99. The Bertz CT molecular complexity index is 2750. The van der Waals surface area contributed by atoms with Gasteiger partial charge in [0.05, 0.1) is 0 Å². The van der Waals surface area contributed by atoms with Crippen LogP contribution in [-0.2, 0) is 70.4 Å². The lowest BCUT2D eigenvalue weighted by molar-refractivity contribution is -0.193. The number of amides is 10. The van der Waals surface area contributed by atoms with Crippen LogP contribution < -0.4 is 54.0 Å². The normalized spacial score (nSPS) is 24.3. The maximum Gasteiger partial charge on any atom is 0.490 e. The van der Waals surface area contributed by atoms with Gasteiger partial charge in [0, 0.05) is 25.9 Å². The molecule has 3 aliphatic rings. The van der Waals surface area contributed by atoms with Crippen LogP contribution >= 0.6 is 0 Å².